The molecule has 0 saturated heterocycles. The molecule has 4 heteroatoms. The Morgan fingerprint density at radius 3 is 2.86 bits per heavy atom. The van der Waals surface area contributed by atoms with Crippen LogP contribution in [0.3, 0.4) is 0 Å². The molecule has 1 radical (unpaired) electrons. The van der Waals surface area contributed by atoms with Gasteiger partial charge in [0, 0.05) is 6.61 Å². The minimum atomic E-state index is -2.13. The van der Waals surface area contributed by atoms with Crippen molar-refractivity contribution in [3.05, 3.63) is 24.2 Å². The molecule has 0 amide bonds. The van der Waals surface area contributed by atoms with Gasteiger partial charge >= 0.3 is 0 Å². The molecule has 0 saturated carbocycles. The summed E-state index contributed by atoms with van der Waals surface area (Å²) in [5.74, 6) is 0.837. The van der Waals surface area contributed by atoms with Gasteiger partial charge in [0.1, 0.15) is 12.4 Å². The first-order chi connectivity index (χ1) is 6.58. The summed E-state index contributed by atoms with van der Waals surface area (Å²) >= 11 is 0. The van der Waals surface area contributed by atoms with Gasteiger partial charge in [-0.15, -0.1) is 0 Å². The maximum atomic E-state index is 11.4. The summed E-state index contributed by atoms with van der Waals surface area (Å²) in [7, 11) is -2.13. The molecule has 0 N–H and O–H groups in total. The fourth-order valence-corrected chi connectivity index (χ4v) is 2.16. The predicted molar refractivity (Wildman–Crippen MR) is 56.0 cm³/mol. The maximum absolute atomic E-state index is 11.4. The van der Waals surface area contributed by atoms with Gasteiger partial charge in [0.2, 0.25) is 8.32 Å². The highest BCUT2D eigenvalue weighted by Crippen LogP contribution is 2.09. The van der Waals surface area contributed by atoms with Crippen molar-refractivity contribution in [3.8, 4) is 0 Å². The largest absolute Gasteiger partial charge is 0.467 e. The zero-order valence-electron chi connectivity index (χ0n) is 8.79. The molecule has 0 spiro atoms. The Bertz CT molecular complexity index is 238. The van der Waals surface area contributed by atoms with E-state index in [4.69, 9.17) is 9.15 Å². The summed E-state index contributed by atoms with van der Waals surface area (Å²) in [6.45, 7) is 4.83. The lowest BCUT2D eigenvalue weighted by atomic mass is 10.5. The Labute approximate surface area is 85.8 Å². The first kappa shape index (κ1) is 11.5. The van der Waals surface area contributed by atoms with Crippen molar-refractivity contribution in [2.24, 2.45) is 0 Å². The van der Waals surface area contributed by atoms with Gasteiger partial charge in [-0.1, -0.05) is 0 Å². The van der Waals surface area contributed by atoms with E-state index in [1.807, 2.05) is 25.2 Å². The highest BCUT2D eigenvalue weighted by Gasteiger charge is 2.18. The third kappa shape index (κ3) is 5.21. The Morgan fingerprint density at radius 1 is 1.50 bits per heavy atom. The topological polar surface area (TPSA) is 42.3 Å². The number of hydrogen-bond donors (Lipinski definition) is 0. The fraction of sp³-hybridized carbons (Fsp3) is 0.600. The van der Waals surface area contributed by atoms with E-state index in [2.05, 4.69) is 0 Å². The van der Waals surface area contributed by atoms with Gasteiger partial charge in [-0.05, 0) is 37.7 Å². The average molecular weight is 213 g/mol. The fourth-order valence-electron chi connectivity index (χ4n) is 1.17. The predicted octanol–water partition coefficient (Wildman–Crippen LogP) is 2.82. The first-order valence-electron chi connectivity index (χ1n) is 4.88. The van der Waals surface area contributed by atoms with E-state index in [0.29, 0.717) is 13.2 Å². The Hall–Kier alpha value is -0.583. The molecular formula is C10H17O3Si. The van der Waals surface area contributed by atoms with Crippen LogP contribution in [0.25, 0.3) is 0 Å². The zero-order valence-corrected chi connectivity index (χ0v) is 9.79. The average Bonchev–Trinajstić information content (AvgIpc) is 2.54. The van der Waals surface area contributed by atoms with Crippen LogP contribution >= 0.6 is 0 Å². The highest BCUT2D eigenvalue weighted by molar-refractivity contribution is 6.69. The number of ether oxygens (including phenoxy) is 1. The van der Waals surface area contributed by atoms with Crippen LogP contribution in [0, 0.1) is 0 Å². The Kier molecular flexibility index (Phi) is 4.38. The molecule has 0 aliphatic heterocycles. The molecule has 79 valence electrons. The molecule has 1 aromatic heterocycles. The van der Waals surface area contributed by atoms with Crippen molar-refractivity contribution in [1.82, 2.24) is 0 Å². The van der Waals surface area contributed by atoms with Crippen LogP contribution in [0.5, 0.6) is 0 Å². The van der Waals surface area contributed by atoms with Gasteiger partial charge < -0.3 is 9.15 Å². The summed E-state index contributed by atoms with van der Waals surface area (Å²) in [6, 6.07) is 4.50. The van der Waals surface area contributed by atoms with E-state index in [1.165, 1.54) is 0 Å². The van der Waals surface area contributed by atoms with Crippen molar-refractivity contribution in [1.29, 1.82) is 0 Å². The minimum absolute atomic E-state index is 0.508. The molecule has 1 rings (SSSR count). The molecule has 0 aromatic carbocycles. The van der Waals surface area contributed by atoms with Crippen molar-refractivity contribution < 1.29 is 13.9 Å². The standard InChI is InChI=1S/C10H17O3Si/c1-14(2,11)8-4-6-12-9-10-5-3-7-13-10/h3,5,7H,4,6,8-9H2,1-2H3. The van der Waals surface area contributed by atoms with Crippen LogP contribution in [-0.2, 0) is 16.1 Å². The van der Waals surface area contributed by atoms with E-state index in [9.17, 15) is 4.80 Å². The van der Waals surface area contributed by atoms with Crippen molar-refractivity contribution in [2.75, 3.05) is 6.61 Å². The lowest BCUT2D eigenvalue weighted by molar-refractivity contribution is 0.106. The molecule has 3 nitrogen and oxygen atoms in total. The van der Waals surface area contributed by atoms with Crippen LogP contribution < -0.4 is 0 Å². The summed E-state index contributed by atoms with van der Waals surface area (Å²) < 4.78 is 10.5. The van der Waals surface area contributed by atoms with Crippen LogP contribution in [0.2, 0.25) is 19.1 Å². The molecule has 14 heavy (non-hydrogen) atoms. The number of furan rings is 1. The van der Waals surface area contributed by atoms with E-state index in [1.54, 1.807) is 6.26 Å². The van der Waals surface area contributed by atoms with E-state index < -0.39 is 8.32 Å². The molecular weight excluding hydrogens is 196 g/mol. The van der Waals surface area contributed by atoms with E-state index in [-0.39, 0.29) is 0 Å². The Morgan fingerprint density at radius 2 is 2.29 bits per heavy atom. The third-order valence-corrected chi connectivity index (χ3v) is 3.45. The summed E-state index contributed by atoms with van der Waals surface area (Å²) in [5.41, 5.74) is 0. The summed E-state index contributed by atoms with van der Waals surface area (Å²) in [4.78, 5) is 11.4. The van der Waals surface area contributed by atoms with Crippen molar-refractivity contribution in [2.45, 2.75) is 32.2 Å². The number of rotatable bonds is 6. The van der Waals surface area contributed by atoms with Crippen LogP contribution in [-0.4, -0.2) is 14.9 Å². The summed E-state index contributed by atoms with van der Waals surface area (Å²) in [6.07, 6.45) is 2.50. The molecule has 0 aliphatic carbocycles. The highest BCUT2D eigenvalue weighted by atomic mass is 28.4. The molecule has 0 aliphatic rings. The van der Waals surface area contributed by atoms with Gasteiger partial charge in [0.05, 0.1) is 6.26 Å². The first-order valence-corrected chi connectivity index (χ1v) is 8.00. The second-order valence-corrected chi connectivity index (χ2v) is 8.01. The zero-order chi connectivity index (χ0) is 10.4. The molecule has 0 bridgehead atoms. The van der Waals surface area contributed by atoms with Crippen LogP contribution in [0.4, 0.5) is 0 Å². The molecule has 0 atom stereocenters. The normalized spacial score (nSPS) is 11.9. The van der Waals surface area contributed by atoms with Crippen LogP contribution in [0.15, 0.2) is 22.8 Å². The van der Waals surface area contributed by atoms with E-state index in [0.717, 1.165) is 18.2 Å². The Balaban J connectivity index is 2.00. The van der Waals surface area contributed by atoms with Gasteiger partial charge in [-0.25, -0.2) is 0 Å². The smallest absolute Gasteiger partial charge is 0.231 e. The van der Waals surface area contributed by atoms with Gasteiger partial charge in [0.15, 0.2) is 0 Å². The SMILES string of the molecule is C[Si](C)([O])CCCOCc1ccco1. The quantitative estimate of drug-likeness (QED) is 0.538. The second kappa shape index (κ2) is 5.34. The maximum Gasteiger partial charge on any atom is 0.231 e. The monoisotopic (exact) mass is 213 g/mol. The molecule has 1 aromatic rings. The van der Waals surface area contributed by atoms with Crippen molar-refractivity contribution in [3.63, 3.8) is 0 Å². The molecule has 0 fully saturated rings. The second-order valence-electron chi connectivity index (χ2n) is 4.00. The third-order valence-electron chi connectivity index (χ3n) is 1.89. The minimum Gasteiger partial charge on any atom is -0.467 e. The van der Waals surface area contributed by atoms with Gasteiger partial charge in [-0.2, -0.15) is 0 Å². The lowest BCUT2D eigenvalue weighted by Crippen LogP contribution is -2.22. The van der Waals surface area contributed by atoms with E-state index >= 15 is 0 Å². The van der Waals surface area contributed by atoms with Gasteiger partial charge in [-0.3, -0.25) is 4.80 Å². The molecule has 0 unspecified atom stereocenters. The number of hydrogen-bond acceptors (Lipinski definition) is 2. The lowest BCUT2D eigenvalue weighted by Gasteiger charge is -2.10. The summed E-state index contributed by atoms with van der Waals surface area (Å²) in [5, 5.41) is 0. The molecule has 1 heterocycles. The van der Waals surface area contributed by atoms with Crippen LogP contribution in [0.1, 0.15) is 12.2 Å². The van der Waals surface area contributed by atoms with Gasteiger partial charge in [0.25, 0.3) is 0 Å². The van der Waals surface area contributed by atoms with Crippen molar-refractivity contribution >= 4 is 8.32 Å².